The van der Waals surface area contributed by atoms with Crippen molar-refractivity contribution in [2.75, 3.05) is 20.6 Å². The second-order valence-corrected chi connectivity index (χ2v) is 4.82. The molecule has 0 amide bonds. The summed E-state index contributed by atoms with van der Waals surface area (Å²) in [5, 5.41) is 4.37. The number of hydrogen-bond donors (Lipinski definition) is 2. The van der Waals surface area contributed by atoms with E-state index in [1.54, 1.807) is 0 Å². The molecule has 0 spiro atoms. The predicted molar refractivity (Wildman–Crippen MR) is 93.3 cm³/mol. The number of hydrazone groups is 1. The molecule has 0 atom stereocenters. The molecule has 0 aliphatic carbocycles. The molecule has 6 heteroatoms. The van der Waals surface area contributed by atoms with Gasteiger partial charge < -0.3 is 10.6 Å². The summed E-state index contributed by atoms with van der Waals surface area (Å²) in [6, 6.07) is 10.1. The second-order valence-electron chi connectivity index (χ2n) is 4.38. The normalized spacial score (nSPS) is 11.4. The van der Waals surface area contributed by atoms with E-state index in [0.29, 0.717) is 0 Å². The van der Waals surface area contributed by atoms with E-state index >= 15 is 0 Å². The van der Waals surface area contributed by atoms with Gasteiger partial charge in [-0.3, -0.25) is 5.43 Å². The zero-order valence-corrected chi connectivity index (χ0v) is 13.4. The van der Waals surface area contributed by atoms with Gasteiger partial charge in [-0.15, -0.1) is 12.4 Å². The number of nitrogens with zero attached hydrogens (tertiary/aromatic N) is 2. The molecule has 1 rings (SSSR count). The van der Waals surface area contributed by atoms with Crippen molar-refractivity contribution in [3.63, 3.8) is 0 Å². The van der Waals surface area contributed by atoms with Crippen LogP contribution in [0.25, 0.3) is 6.08 Å². The largest absolute Gasteiger partial charge is 0.375 e. The molecule has 0 unspecified atom stereocenters. The Balaban J connectivity index is 0.00000361. The lowest BCUT2D eigenvalue weighted by molar-refractivity contribution is 0.422. The Morgan fingerprint density at radius 2 is 2.00 bits per heavy atom. The third-order valence-electron chi connectivity index (χ3n) is 2.39. The van der Waals surface area contributed by atoms with Crippen LogP contribution in [0.2, 0.25) is 0 Å². The summed E-state index contributed by atoms with van der Waals surface area (Å²) in [5.74, 6) is 0. The molecule has 0 fully saturated rings. The van der Waals surface area contributed by atoms with Crippen LogP contribution in [0.5, 0.6) is 0 Å². The number of nitrogens with two attached hydrogens (primary N) is 1. The molecule has 0 saturated carbocycles. The first-order chi connectivity index (χ1) is 9.08. The third kappa shape index (κ3) is 8.63. The molecule has 0 bridgehead atoms. The van der Waals surface area contributed by atoms with Gasteiger partial charge in [-0.2, -0.15) is 5.10 Å². The van der Waals surface area contributed by atoms with Gasteiger partial charge in [0.1, 0.15) is 0 Å². The Morgan fingerprint density at radius 3 is 2.55 bits per heavy atom. The Labute approximate surface area is 132 Å². The van der Waals surface area contributed by atoms with Crippen molar-refractivity contribution >= 4 is 41.5 Å². The molecule has 0 saturated heterocycles. The third-order valence-corrected chi connectivity index (χ3v) is 2.48. The van der Waals surface area contributed by atoms with E-state index in [1.807, 2.05) is 56.6 Å². The molecule has 0 aliphatic heterocycles. The molecule has 1 aromatic rings. The van der Waals surface area contributed by atoms with Crippen LogP contribution >= 0.6 is 24.6 Å². The Kier molecular flexibility index (Phi) is 9.63. The fourth-order valence-corrected chi connectivity index (χ4v) is 1.44. The van der Waals surface area contributed by atoms with E-state index in [1.165, 1.54) is 0 Å². The average molecular weight is 313 g/mol. The first-order valence-corrected chi connectivity index (χ1v) is 6.48. The van der Waals surface area contributed by atoms with Gasteiger partial charge in [-0.05, 0) is 38.0 Å². The van der Waals surface area contributed by atoms with Gasteiger partial charge in [-0.1, -0.05) is 36.4 Å². The minimum absolute atomic E-state index is 0. The van der Waals surface area contributed by atoms with Crippen LogP contribution in [0.3, 0.4) is 0 Å². The number of hydrogen-bond acceptors (Lipinski definition) is 3. The lowest BCUT2D eigenvalue weighted by Gasteiger charge is -2.09. The van der Waals surface area contributed by atoms with E-state index in [-0.39, 0.29) is 17.5 Å². The quantitative estimate of drug-likeness (QED) is 0.481. The van der Waals surface area contributed by atoms with Crippen LogP contribution in [-0.2, 0) is 0 Å². The molecule has 3 N–H and O–H groups in total. The van der Waals surface area contributed by atoms with Gasteiger partial charge in [-0.25, -0.2) is 0 Å². The maximum absolute atomic E-state index is 5.38. The minimum atomic E-state index is 0. The lowest BCUT2D eigenvalue weighted by Crippen LogP contribution is -2.26. The van der Waals surface area contributed by atoms with E-state index < -0.39 is 0 Å². The number of benzene rings is 1. The van der Waals surface area contributed by atoms with Gasteiger partial charge >= 0.3 is 0 Å². The number of nitrogens with one attached hydrogen (secondary N) is 1. The van der Waals surface area contributed by atoms with Gasteiger partial charge in [0.25, 0.3) is 0 Å². The minimum Gasteiger partial charge on any atom is -0.375 e. The highest BCUT2D eigenvalue weighted by Gasteiger charge is 1.98. The molecule has 20 heavy (non-hydrogen) atoms. The summed E-state index contributed by atoms with van der Waals surface area (Å²) >= 11 is 4.75. The summed E-state index contributed by atoms with van der Waals surface area (Å²) < 4.78 is 0. The molecular weight excluding hydrogens is 292 g/mol. The van der Waals surface area contributed by atoms with Crippen LogP contribution in [0, 0.1) is 0 Å². The van der Waals surface area contributed by atoms with Crippen LogP contribution in [0.15, 0.2) is 41.5 Å². The summed E-state index contributed by atoms with van der Waals surface area (Å²) in [5.41, 5.74) is 10.1. The van der Waals surface area contributed by atoms with Crippen LogP contribution in [0.4, 0.5) is 0 Å². The lowest BCUT2D eigenvalue weighted by atomic mass is 10.1. The van der Waals surface area contributed by atoms with Gasteiger partial charge in [0, 0.05) is 13.0 Å². The molecular formula is C14H21ClN4S. The number of thiocarbonyl (C=S) groups is 1. The van der Waals surface area contributed by atoms with Crippen LogP contribution < -0.4 is 11.2 Å². The maximum atomic E-state index is 5.38. The SMILES string of the molecule is CN(C)CCC(C=Cc1ccccc1)=NNC(N)=S.Cl. The van der Waals surface area contributed by atoms with Crippen molar-refractivity contribution in [3.8, 4) is 0 Å². The summed E-state index contributed by atoms with van der Waals surface area (Å²) in [4.78, 5) is 2.10. The highest BCUT2D eigenvalue weighted by molar-refractivity contribution is 7.80. The number of rotatable bonds is 6. The fourth-order valence-electron chi connectivity index (χ4n) is 1.40. The van der Waals surface area contributed by atoms with Crippen molar-refractivity contribution in [3.05, 3.63) is 42.0 Å². The molecule has 0 radical (unpaired) electrons. The van der Waals surface area contributed by atoms with Crippen molar-refractivity contribution in [1.29, 1.82) is 0 Å². The van der Waals surface area contributed by atoms with Gasteiger partial charge in [0.05, 0.1) is 5.71 Å². The molecule has 1 aromatic carbocycles. The first kappa shape index (κ1) is 18.6. The first-order valence-electron chi connectivity index (χ1n) is 6.08. The highest BCUT2D eigenvalue weighted by atomic mass is 35.5. The van der Waals surface area contributed by atoms with E-state index in [0.717, 1.165) is 24.2 Å². The summed E-state index contributed by atoms with van der Waals surface area (Å²) in [6.45, 7) is 0.914. The predicted octanol–water partition coefficient (Wildman–Crippen LogP) is 2.26. The van der Waals surface area contributed by atoms with Crippen molar-refractivity contribution < 1.29 is 0 Å². The smallest absolute Gasteiger partial charge is 0.184 e. The molecule has 0 heterocycles. The number of halogens is 1. The van der Waals surface area contributed by atoms with E-state index in [4.69, 9.17) is 18.0 Å². The average Bonchev–Trinajstić information content (AvgIpc) is 2.38. The topological polar surface area (TPSA) is 53.6 Å². The monoisotopic (exact) mass is 312 g/mol. The molecule has 110 valence electrons. The Bertz CT molecular complexity index is 458. The zero-order valence-electron chi connectivity index (χ0n) is 11.7. The van der Waals surface area contributed by atoms with Crippen molar-refractivity contribution in [2.45, 2.75) is 6.42 Å². The Hall–Kier alpha value is -1.43. The van der Waals surface area contributed by atoms with Gasteiger partial charge in [0.2, 0.25) is 0 Å². The van der Waals surface area contributed by atoms with Crippen molar-refractivity contribution in [1.82, 2.24) is 10.3 Å². The highest BCUT2D eigenvalue weighted by Crippen LogP contribution is 2.02. The number of allylic oxidation sites excluding steroid dienone is 1. The van der Waals surface area contributed by atoms with E-state index in [2.05, 4.69) is 15.4 Å². The van der Waals surface area contributed by atoms with Crippen molar-refractivity contribution in [2.24, 2.45) is 10.8 Å². The van der Waals surface area contributed by atoms with Crippen LogP contribution in [0.1, 0.15) is 12.0 Å². The standard InChI is InChI=1S/C14H20N4S.ClH/c1-18(2)11-10-13(16-17-14(15)19)9-8-12-6-4-3-5-7-12;/h3-9H,10-11H2,1-2H3,(H3,15,17,19);1H. The molecule has 4 nitrogen and oxygen atoms in total. The molecule has 0 aliphatic rings. The summed E-state index contributed by atoms with van der Waals surface area (Å²) in [6.07, 6.45) is 4.83. The van der Waals surface area contributed by atoms with Crippen LogP contribution in [-0.4, -0.2) is 36.4 Å². The Morgan fingerprint density at radius 1 is 1.35 bits per heavy atom. The molecule has 0 aromatic heterocycles. The second kappa shape index (κ2) is 10.4. The zero-order chi connectivity index (χ0) is 14.1. The maximum Gasteiger partial charge on any atom is 0.184 e. The fraction of sp³-hybridized carbons (Fsp3) is 0.286. The van der Waals surface area contributed by atoms with Gasteiger partial charge in [0.15, 0.2) is 5.11 Å². The summed E-state index contributed by atoms with van der Waals surface area (Å²) in [7, 11) is 4.05. The van der Waals surface area contributed by atoms with E-state index in [9.17, 15) is 0 Å².